The van der Waals surface area contributed by atoms with E-state index in [1.165, 1.54) is 20.1 Å². The maximum atomic E-state index is 12.1. The Bertz CT molecular complexity index is 599. The van der Waals surface area contributed by atoms with Crippen molar-refractivity contribution in [1.82, 2.24) is 5.48 Å². The number of carbonyl (C=O) groups excluding carboxylic acids is 3. The number of hydroxylamine groups is 1. The van der Waals surface area contributed by atoms with E-state index >= 15 is 0 Å². The van der Waals surface area contributed by atoms with Gasteiger partial charge in [-0.05, 0) is 24.1 Å². The fourth-order valence-electron chi connectivity index (χ4n) is 2.51. The van der Waals surface area contributed by atoms with E-state index < -0.39 is 29.2 Å². The van der Waals surface area contributed by atoms with Gasteiger partial charge in [0, 0.05) is 6.92 Å². The maximum Gasteiger partial charge on any atom is 0.317 e. The first-order chi connectivity index (χ1) is 9.95. The van der Waals surface area contributed by atoms with Gasteiger partial charge in [0.25, 0.3) is 0 Å². The van der Waals surface area contributed by atoms with Gasteiger partial charge >= 0.3 is 11.9 Å². The number of methoxy groups -OCH3 is 1. The van der Waals surface area contributed by atoms with E-state index in [1.807, 2.05) is 0 Å². The monoisotopic (exact) mass is 293 g/mol. The molecule has 0 radical (unpaired) electrons. The highest BCUT2D eigenvalue weighted by Crippen LogP contribution is 2.55. The molecule has 0 aromatic heterocycles. The average Bonchev–Trinajstić information content (AvgIpc) is 3.22. The summed E-state index contributed by atoms with van der Waals surface area (Å²) in [7, 11) is 1.23. The Morgan fingerprint density at radius 2 is 2.10 bits per heavy atom. The molecule has 112 valence electrons. The molecule has 1 saturated carbocycles. The number of ether oxygens (including phenoxy) is 2. The second-order valence-electron chi connectivity index (χ2n) is 4.82. The number of hydrogen-bond donors (Lipinski definition) is 2. The number of esters is 2. The van der Waals surface area contributed by atoms with Crippen LogP contribution in [0.2, 0.25) is 0 Å². The Kier molecular flexibility index (Phi) is 3.95. The highest BCUT2D eigenvalue weighted by Gasteiger charge is 2.65. The lowest BCUT2D eigenvalue weighted by Gasteiger charge is -2.15. The van der Waals surface area contributed by atoms with Crippen LogP contribution in [0.5, 0.6) is 5.75 Å². The van der Waals surface area contributed by atoms with E-state index in [4.69, 9.17) is 14.7 Å². The second-order valence-corrected chi connectivity index (χ2v) is 4.82. The molecule has 7 nitrogen and oxygen atoms in total. The summed E-state index contributed by atoms with van der Waals surface area (Å²) in [6.45, 7) is 1.27. The van der Waals surface area contributed by atoms with Crippen molar-refractivity contribution in [2.24, 2.45) is 5.92 Å². The van der Waals surface area contributed by atoms with Gasteiger partial charge in [0.05, 0.1) is 13.0 Å². The molecule has 1 aliphatic rings. The SMILES string of the molecule is COC(=O)[C@]1(c2cccc(OC(C)=O)c2)C[C@H]1C(=O)NO. The van der Waals surface area contributed by atoms with Crippen molar-refractivity contribution in [3.8, 4) is 5.75 Å². The molecule has 1 amide bonds. The van der Waals surface area contributed by atoms with E-state index in [0.717, 1.165) is 0 Å². The van der Waals surface area contributed by atoms with Crippen LogP contribution >= 0.6 is 0 Å². The fourth-order valence-corrected chi connectivity index (χ4v) is 2.51. The number of rotatable bonds is 4. The van der Waals surface area contributed by atoms with E-state index in [9.17, 15) is 14.4 Å². The first kappa shape index (κ1) is 15.0. The zero-order valence-electron chi connectivity index (χ0n) is 11.6. The minimum absolute atomic E-state index is 0.218. The van der Waals surface area contributed by atoms with Crippen molar-refractivity contribution in [2.45, 2.75) is 18.8 Å². The Morgan fingerprint density at radius 1 is 1.38 bits per heavy atom. The van der Waals surface area contributed by atoms with Gasteiger partial charge in [-0.25, -0.2) is 5.48 Å². The van der Waals surface area contributed by atoms with Gasteiger partial charge in [0.15, 0.2) is 0 Å². The smallest absolute Gasteiger partial charge is 0.317 e. The van der Waals surface area contributed by atoms with Crippen LogP contribution in [-0.2, 0) is 24.5 Å². The topological polar surface area (TPSA) is 102 Å². The van der Waals surface area contributed by atoms with E-state index in [1.54, 1.807) is 23.7 Å². The number of benzene rings is 1. The van der Waals surface area contributed by atoms with Crippen LogP contribution < -0.4 is 10.2 Å². The maximum absolute atomic E-state index is 12.1. The van der Waals surface area contributed by atoms with Gasteiger partial charge in [0.1, 0.15) is 11.2 Å². The summed E-state index contributed by atoms with van der Waals surface area (Å²) in [6, 6.07) is 6.35. The Balaban J connectivity index is 2.38. The fraction of sp³-hybridized carbons (Fsp3) is 0.357. The molecular formula is C14H15NO6. The van der Waals surface area contributed by atoms with Crippen LogP contribution in [0.1, 0.15) is 18.9 Å². The minimum Gasteiger partial charge on any atom is -0.468 e. The largest absolute Gasteiger partial charge is 0.468 e. The lowest BCUT2D eigenvalue weighted by Crippen LogP contribution is -2.31. The van der Waals surface area contributed by atoms with Crippen LogP contribution in [0.25, 0.3) is 0 Å². The molecule has 21 heavy (non-hydrogen) atoms. The molecule has 0 saturated heterocycles. The first-order valence-corrected chi connectivity index (χ1v) is 6.27. The van der Waals surface area contributed by atoms with Gasteiger partial charge in [-0.3, -0.25) is 19.6 Å². The number of carbonyl (C=O) groups is 3. The number of nitrogens with one attached hydrogen (secondary N) is 1. The summed E-state index contributed by atoms with van der Waals surface area (Å²) >= 11 is 0. The molecule has 0 bridgehead atoms. The Labute approximate surface area is 120 Å². The third-order valence-corrected chi connectivity index (χ3v) is 3.55. The third kappa shape index (κ3) is 2.59. The lowest BCUT2D eigenvalue weighted by atomic mass is 9.92. The summed E-state index contributed by atoms with van der Waals surface area (Å²) in [6.07, 6.45) is 0.218. The highest BCUT2D eigenvalue weighted by molar-refractivity contribution is 5.98. The van der Waals surface area contributed by atoms with Crippen LogP contribution in [0.3, 0.4) is 0 Å². The molecule has 0 heterocycles. The van der Waals surface area contributed by atoms with Crippen molar-refractivity contribution < 1.29 is 29.1 Å². The van der Waals surface area contributed by atoms with Crippen molar-refractivity contribution >= 4 is 17.8 Å². The summed E-state index contributed by atoms with van der Waals surface area (Å²) in [5, 5.41) is 8.73. The molecule has 2 rings (SSSR count). The predicted octanol–water partition coefficient (Wildman–Crippen LogP) is 0.548. The molecule has 1 aromatic rings. The minimum atomic E-state index is -1.16. The van der Waals surface area contributed by atoms with Crippen LogP contribution in [0, 0.1) is 5.92 Å². The van der Waals surface area contributed by atoms with E-state index in [0.29, 0.717) is 5.56 Å². The van der Waals surface area contributed by atoms with Crippen molar-refractivity contribution in [1.29, 1.82) is 0 Å². The first-order valence-electron chi connectivity index (χ1n) is 6.27. The van der Waals surface area contributed by atoms with Crippen LogP contribution in [0.4, 0.5) is 0 Å². The zero-order chi connectivity index (χ0) is 15.6. The molecule has 0 unspecified atom stereocenters. The van der Waals surface area contributed by atoms with Crippen LogP contribution in [-0.4, -0.2) is 30.2 Å². The van der Waals surface area contributed by atoms with Gasteiger partial charge in [0.2, 0.25) is 5.91 Å². The molecular weight excluding hydrogens is 278 g/mol. The average molecular weight is 293 g/mol. The number of amides is 1. The number of hydrogen-bond acceptors (Lipinski definition) is 6. The van der Waals surface area contributed by atoms with Gasteiger partial charge in [-0.15, -0.1) is 0 Å². The molecule has 1 aliphatic carbocycles. The summed E-state index contributed by atoms with van der Waals surface area (Å²) in [5.74, 6) is -2.16. The second kappa shape index (κ2) is 5.53. The molecule has 0 aliphatic heterocycles. The van der Waals surface area contributed by atoms with E-state index in [2.05, 4.69) is 0 Å². The zero-order valence-corrected chi connectivity index (χ0v) is 11.6. The molecule has 7 heteroatoms. The van der Waals surface area contributed by atoms with Gasteiger partial charge in [-0.1, -0.05) is 12.1 Å². The summed E-state index contributed by atoms with van der Waals surface area (Å²) in [5.41, 5.74) is 0.892. The molecule has 1 aromatic carbocycles. The summed E-state index contributed by atoms with van der Waals surface area (Å²) < 4.78 is 9.74. The van der Waals surface area contributed by atoms with E-state index in [-0.39, 0.29) is 12.2 Å². The lowest BCUT2D eigenvalue weighted by molar-refractivity contribution is -0.146. The molecule has 1 fully saturated rings. The van der Waals surface area contributed by atoms with Gasteiger partial charge < -0.3 is 9.47 Å². The summed E-state index contributed by atoms with van der Waals surface area (Å²) in [4.78, 5) is 34.6. The normalized spacial score (nSPS) is 23.1. The van der Waals surface area contributed by atoms with Crippen LogP contribution in [0.15, 0.2) is 24.3 Å². The molecule has 2 N–H and O–H groups in total. The quantitative estimate of drug-likeness (QED) is 0.364. The van der Waals surface area contributed by atoms with Crippen molar-refractivity contribution in [3.63, 3.8) is 0 Å². The highest BCUT2D eigenvalue weighted by atomic mass is 16.5. The third-order valence-electron chi connectivity index (χ3n) is 3.55. The van der Waals surface area contributed by atoms with Crippen molar-refractivity contribution in [2.75, 3.05) is 7.11 Å². The molecule has 2 atom stereocenters. The van der Waals surface area contributed by atoms with Crippen molar-refractivity contribution in [3.05, 3.63) is 29.8 Å². The predicted molar refractivity (Wildman–Crippen MR) is 69.5 cm³/mol. The standard InChI is InChI=1S/C14H15NO6/c1-8(16)21-10-5-3-4-9(6-10)14(13(18)20-2)7-11(14)12(17)15-19/h3-6,11,19H,7H2,1-2H3,(H,15,17)/t11-,14-/m0/s1. The Morgan fingerprint density at radius 3 is 2.67 bits per heavy atom. The Hall–Kier alpha value is -2.41. The molecule has 0 spiro atoms. The van der Waals surface area contributed by atoms with Gasteiger partial charge in [-0.2, -0.15) is 0 Å².